The maximum atomic E-state index is 12.4. The second-order valence-electron chi connectivity index (χ2n) is 6.11. The molecule has 152 valence electrons. The number of urea groups is 1. The van der Waals surface area contributed by atoms with Crippen LogP contribution in [0.25, 0.3) is 0 Å². The molecule has 0 saturated carbocycles. The highest BCUT2D eigenvalue weighted by atomic mass is 16.6. The molecule has 1 fully saturated rings. The summed E-state index contributed by atoms with van der Waals surface area (Å²) in [5.74, 6) is -1.61. The topological polar surface area (TPSA) is 116 Å². The molecule has 2 N–H and O–H groups in total. The summed E-state index contributed by atoms with van der Waals surface area (Å²) >= 11 is 0. The van der Waals surface area contributed by atoms with E-state index in [0.29, 0.717) is 5.56 Å². The first-order chi connectivity index (χ1) is 13.9. The molecule has 2 aromatic rings. The van der Waals surface area contributed by atoms with Crippen LogP contribution in [0.15, 0.2) is 53.3 Å². The van der Waals surface area contributed by atoms with Crippen molar-refractivity contribution < 1.29 is 33.0 Å². The van der Waals surface area contributed by atoms with Crippen molar-refractivity contribution in [1.82, 2.24) is 10.6 Å². The van der Waals surface area contributed by atoms with Crippen LogP contribution >= 0.6 is 0 Å². The third-order valence-corrected chi connectivity index (χ3v) is 4.28. The molecule has 0 spiro atoms. The van der Waals surface area contributed by atoms with Crippen LogP contribution < -0.4 is 20.1 Å². The average Bonchev–Trinajstić information content (AvgIpc) is 3.22. The molecule has 29 heavy (non-hydrogen) atoms. The van der Waals surface area contributed by atoms with Crippen molar-refractivity contribution >= 4 is 18.0 Å². The van der Waals surface area contributed by atoms with Gasteiger partial charge in [0.1, 0.15) is 5.92 Å². The van der Waals surface area contributed by atoms with Crippen LogP contribution in [-0.2, 0) is 9.53 Å². The quantitative estimate of drug-likeness (QED) is 0.565. The summed E-state index contributed by atoms with van der Waals surface area (Å²) in [6.45, 7) is 5.65. The van der Waals surface area contributed by atoms with Crippen molar-refractivity contribution in [1.29, 1.82) is 0 Å². The van der Waals surface area contributed by atoms with E-state index in [2.05, 4.69) is 17.2 Å². The molecule has 1 aromatic heterocycles. The molecule has 3 rings (SSSR count). The van der Waals surface area contributed by atoms with E-state index in [-0.39, 0.29) is 29.6 Å². The van der Waals surface area contributed by atoms with E-state index in [9.17, 15) is 14.4 Å². The van der Waals surface area contributed by atoms with Crippen LogP contribution in [0, 0.1) is 5.92 Å². The Balaban J connectivity index is 1.90. The summed E-state index contributed by atoms with van der Waals surface area (Å²) < 4.78 is 20.8. The maximum absolute atomic E-state index is 12.4. The number of carbonyl (C=O) groups excluding carboxylic acids is 3. The zero-order chi connectivity index (χ0) is 21.0. The first-order valence-corrected chi connectivity index (χ1v) is 8.81. The fraction of sp³-hybridized carbons (Fsp3) is 0.250. The Labute approximate surface area is 166 Å². The molecular formula is C20H20N2O7. The number of methoxy groups -OCH3 is 1. The SMILES string of the molecule is C=C1NC(=O)NC(c2ccc(OC(=O)c3ccco3)c(OC)c2)C1C(=O)OCC. The van der Waals surface area contributed by atoms with Crippen LogP contribution in [0.1, 0.15) is 29.1 Å². The molecule has 1 aliphatic rings. The van der Waals surface area contributed by atoms with Gasteiger partial charge in [-0.05, 0) is 36.8 Å². The lowest BCUT2D eigenvalue weighted by Crippen LogP contribution is -2.51. The minimum absolute atomic E-state index is 0.0421. The van der Waals surface area contributed by atoms with Crippen LogP contribution in [0.3, 0.4) is 0 Å². The van der Waals surface area contributed by atoms with Crippen molar-refractivity contribution in [3.8, 4) is 11.5 Å². The van der Waals surface area contributed by atoms with Crippen molar-refractivity contribution in [2.24, 2.45) is 5.92 Å². The number of carbonyl (C=O) groups is 3. The van der Waals surface area contributed by atoms with E-state index in [1.54, 1.807) is 25.1 Å². The molecule has 2 unspecified atom stereocenters. The minimum atomic E-state index is -0.839. The number of esters is 2. The average molecular weight is 400 g/mol. The number of amides is 2. The summed E-state index contributed by atoms with van der Waals surface area (Å²) in [6.07, 6.45) is 1.36. The van der Waals surface area contributed by atoms with Crippen molar-refractivity contribution in [3.05, 3.63) is 60.2 Å². The highest BCUT2D eigenvalue weighted by molar-refractivity contribution is 5.88. The molecule has 0 aliphatic carbocycles. The van der Waals surface area contributed by atoms with Gasteiger partial charge in [0, 0.05) is 5.70 Å². The lowest BCUT2D eigenvalue weighted by molar-refractivity contribution is -0.147. The van der Waals surface area contributed by atoms with E-state index in [4.69, 9.17) is 18.6 Å². The molecule has 1 aromatic carbocycles. The predicted octanol–water partition coefficient (Wildman–Crippen LogP) is 2.55. The first kappa shape index (κ1) is 20.0. The van der Waals surface area contributed by atoms with Gasteiger partial charge in [-0.25, -0.2) is 9.59 Å². The Morgan fingerprint density at radius 2 is 2.03 bits per heavy atom. The molecule has 0 radical (unpaired) electrons. The largest absolute Gasteiger partial charge is 0.493 e. The van der Waals surface area contributed by atoms with Crippen molar-refractivity contribution in [2.75, 3.05) is 13.7 Å². The molecular weight excluding hydrogens is 380 g/mol. The number of hydrogen-bond acceptors (Lipinski definition) is 7. The second-order valence-corrected chi connectivity index (χ2v) is 6.11. The maximum Gasteiger partial charge on any atom is 0.379 e. The van der Waals surface area contributed by atoms with Gasteiger partial charge in [0.2, 0.25) is 5.76 Å². The summed E-state index contributed by atoms with van der Waals surface area (Å²) in [5, 5.41) is 5.19. The van der Waals surface area contributed by atoms with Gasteiger partial charge in [-0.2, -0.15) is 0 Å². The van der Waals surface area contributed by atoms with Crippen molar-refractivity contribution in [2.45, 2.75) is 13.0 Å². The Hall–Kier alpha value is -3.75. The van der Waals surface area contributed by atoms with E-state index in [1.807, 2.05) is 0 Å². The van der Waals surface area contributed by atoms with Gasteiger partial charge in [-0.15, -0.1) is 0 Å². The molecule has 9 heteroatoms. The highest BCUT2D eigenvalue weighted by Crippen LogP contribution is 2.36. The minimum Gasteiger partial charge on any atom is -0.493 e. The van der Waals surface area contributed by atoms with Crippen LogP contribution in [0.2, 0.25) is 0 Å². The third kappa shape index (κ3) is 4.23. The van der Waals surface area contributed by atoms with Crippen LogP contribution in [0.4, 0.5) is 4.79 Å². The van der Waals surface area contributed by atoms with Gasteiger partial charge in [0.25, 0.3) is 0 Å². The Kier molecular flexibility index (Phi) is 5.87. The molecule has 1 saturated heterocycles. The number of furan rings is 1. The third-order valence-electron chi connectivity index (χ3n) is 4.28. The zero-order valence-corrected chi connectivity index (χ0v) is 15.9. The van der Waals surface area contributed by atoms with Crippen molar-refractivity contribution in [3.63, 3.8) is 0 Å². The normalized spacial score (nSPS) is 18.4. The summed E-state index contributed by atoms with van der Waals surface area (Å²) in [5.41, 5.74) is 0.776. The number of benzene rings is 1. The van der Waals surface area contributed by atoms with E-state index in [0.717, 1.165) is 0 Å². The summed E-state index contributed by atoms with van der Waals surface area (Å²) in [4.78, 5) is 36.5. The number of hydrogen-bond donors (Lipinski definition) is 2. The van der Waals surface area contributed by atoms with Crippen LogP contribution in [0.5, 0.6) is 11.5 Å². The Morgan fingerprint density at radius 3 is 2.69 bits per heavy atom. The lowest BCUT2D eigenvalue weighted by atomic mass is 9.89. The summed E-state index contributed by atoms with van der Waals surface area (Å²) in [7, 11) is 1.41. The second kappa shape index (κ2) is 8.51. The number of ether oxygens (including phenoxy) is 3. The number of rotatable bonds is 6. The highest BCUT2D eigenvalue weighted by Gasteiger charge is 2.39. The van der Waals surface area contributed by atoms with Gasteiger partial charge in [0.15, 0.2) is 11.5 Å². The molecule has 0 bridgehead atoms. The van der Waals surface area contributed by atoms with E-state index < -0.39 is 29.9 Å². The molecule has 2 heterocycles. The summed E-state index contributed by atoms with van der Waals surface area (Å²) in [6, 6.07) is 6.51. The monoisotopic (exact) mass is 400 g/mol. The predicted molar refractivity (Wildman–Crippen MR) is 100 cm³/mol. The molecule has 9 nitrogen and oxygen atoms in total. The van der Waals surface area contributed by atoms with Gasteiger partial charge in [-0.3, -0.25) is 4.79 Å². The van der Waals surface area contributed by atoms with E-state index in [1.165, 1.54) is 25.5 Å². The first-order valence-electron chi connectivity index (χ1n) is 8.81. The van der Waals surface area contributed by atoms with E-state index >= 15 is 0 Å². The molecule has 2 atom stereocenters. The number of nitrogens with one attached hydrogen (secondary N) is 2. The Morgan fingerprint density at radius 1 is 1.24 bits per heavy atom. The standard InChI is InChI=1S/C20H20N2O7/c1-4-27-19(24)16-11(2)21-20(25)22-17(16)12-7-8-13(15(10-12)26-3)29-18(23)14-6-5-9-28-14/h5-10,16-17H,2,4H2,1,3H3,(H2,21,22,25). The Bertz CT molecular complexity index is 936. The van der Waals surface area contributed by atoms with Gasteiger partial charge in [0.05, 0.1) is 26.0 Å². The zero-order valence-electron chi connectivity index (χ0n) is 15.9. The fourth-order valence-electron chi connectivity index (χ4n) is 2.98. The molecule has 1 aliphatic heterocycles. The smallest absolute Gasteiger partial charge is 0.379 e. The fourth-order valence-corrected chi connectivity index (χ4v) is 2.98. The van der Waals surface area contributed by atoms with Crippen LogP contribution in [-0.4, -0.2) is 31.7 Å². The van der Waals surface area contributed by atoms with Gasteiger partial charge < -0.3 is 29.3 Å². The lowest BCUT2D eigenvalue weighted by Gasteiger charge is -2.33. The molecule has 2 amide bonds. The van der Waals surface area contributed by atoms with Gasteiger partial charge >= 0.3 is 18.0 Å². The van der Waals surface area contributed by atoms with Gasteiger partial charge in [-0.1, -0.05) is 12.6 Å².